The molecule has 1 aromatic carbocycles. The van der Waals surface area contributed by atoms with E-state index >= 15 is 0 Å². The molecular formula is C10H6N2. The largest absolute Gasteiger partial charge is 0.262 e. The Morgan fingerprint density at radius 3 is 2.58 bits per heavy atom. The highest BCUT2D eigenvalue weighted by Gasteiger charge is 1.91. The summed E-state index contributed by atoms with van der Waals surface area (Å²) in [5.41, 5.74) is 0.992. The molecule has 0 aliphatic rings. The predicted molar refractivity (Wildman–Crippen MR) is 46.6 cm³/mol. The minimum absolute atomic E-state index is 0.112. The van der Waals surface area contributed by atoms with Crippen molar-refractivity contribution in [3.63, 3.8) is 0 Å². The Kier molecular flexibility index (Phi) is 2.65. The van der Waals surface area contributed by atoms with Gasteiger partial charge in [-0.3, -0.25) is 0 Å². The van der Waals surface area contributed by atoms with Crippen LogP contribution in [0.1, 0.15) is 5.56 Å². The van der Waals surface area contributed by atoms with Crippen LogP contribution in [-0.4, -0.2) is 0 Å². The third-order valence-corrected chi connectivity index (χ3v) is 1.34. The van der Waals surface area contributed by atoms with E-state index in [1.54, 1.807) is 6.08 Å². The van der Waals surface area contributed by atoms with E-state index in [0.717, 1.165) is 5.56 Å². The van der Waals surface area contributed by atoms with Crippen LogP contribution >= 0.6 is 0 Å². The van der Waals surface area contributed by atoms with Crippen molar-refractivity contribution in [2.24, 2.45) is 0 Å². The zero-order valence-corrected chi connectivity index (χ0v) is 6.36. The van der Waals surface area contributed by atoms with Gasteiger partial charge >= 0.3 is 0 Å². The molecule has 2 nitrogen and oxygen atoms in total. The summed E-state index contributed by atoms with van der Waals surface area (Å²) < 4.78 is 0. The molecular weight excluding hydrogens is 148 g/mol. The Morgan fingerprint density at radius 1 is 1.42 bits per heavy atom. The molecule has 0 aliphatic heterocycles. The van der Waals surface area contributed by atoms with Gasteiger partial charge in [0.2, 0.25) is 0 Å². The number of nitriles is 1. The SMILES string of the molecule is [C-]#[N+]C(C#N)=Cc1ccccc1. The van der Waals surface area contributed by atoms with E-state index < -0.39 is 0 Å². The van der Waals surface area contributed by atoms with Gasteiger partial charge in [0.1, 0.15) is 0 Å². The summed E-state index contributed by atoms with van der Waals surface area (Å²) in [5.74, 6) is 0. The lowest BCUT2D eigenvalue weighted by Crippen LogP contribution is -1.71. The molecule has 0 bridgehead atoms. The van der Waals surface area contributed by atoms with Crippen molar-refractivity contribution in [2.75, 3.05) is 0 Å². The fraction of sp³-hybridized carbons (Fsp3) is 0. The van der Waals surface area contributed by atoms with Crippen molar-refractivity contribution in [3.05, 3.63) is 53.0 Å². The molecule has 1 rings (SSSR count). The fourth-order valence-corrected chi connectivity index (χ4v) is 0.797. The number of rotatable bonds is 1. The molecule has 0 aromatic heterocycles. The van der Waals surface area contributed by atoms with E-state index in [-0.39, 0.29) is 5.70 Å². The van der Waals surface area contributed by atoms with Gasteiger partial charge in [0, 0.05) is 0 Å². The van der Waals surface area contributed by atoms with Crippen LogP contribution in [0.3, 0.4) is 0 Å². The molecule has 0 saturated carbocycles. The van der Waals surface area contributed by atoms with Crippen molar-refractivity contribution in [1.29, 1.82) is 5.26 Å². The molecule has 0 radical (unpaired) electrons. The molecule has 0 heterocycles. The second-order valence-electron chi connectivity index (χ2n) is 2.16. The maximum absolute atomic E-state index is 8.46. The van der Waals surface area contributed by atoms with E-state index in [1.807, 2.05) is 36.4 Å². The van der Waals surface area contributed by atoms with Gasteiger partial charge in [0.05, 0.1) is 12.6 Å². The van der Waals surface area contributed by atoms with Gasteiger partial charge in [-0.25, -0.2) is 10.1 Å². The van der Waals surface area contributed by atoms with Crippen molar-refractivity contribution in [3.8, 4) is 6.07 Å². The standard InChI is InChI=1S/C10H6N2/c1-12-10(8-11)7-9-5-3-2-4-6-9/h2-7H. The van der Waals surface area contributed by atoms with Gasteiger partial charge < -0.3 is 0 Å². The van der Waals surface area contributed by atoms with E-state index in [1.165, 1.54) is 0 Å². The minimum Gasteiger partial charge on any atom is -0.227 e. The van der Waals surface area contributed by atoms with Crippen LogP contribution in [0.25, 0.3) is 10.9 Å². The molecule has 0 amide bonds. The number of allylic oxidation sites excluding steroid dienone is 1. The van der Waals surface area contributed by atoms with Crippen molar-refractivity contribution >= 4 is 6.08 Å². The van der Waals surface area contributed by atoms with Gasteiger partial charge in [-0.05, 0) is 11.6 Å². The molecule has 56 valence electrons. The van der Waals surface area contributed by atoms with Gasteiger partial charge in [0.25, 0.3) is 5.70 Å². The summed E-state index contributed by atoms with van der Waals surface area (Å²) in [5, 5.41) is 8.46. The third kappa shape index (κ3) is 1.97. The van der Waals surface area contributed by atoms with Crippen LogP contribution in [0.4, 0.5) is 0 Å². The molecule has 0 N–H and O–H groups in total. The first-order valence-corrected chi connectivity index (χ1v) is 3.41. The zero-order valence-electron chi connectivity index (χ0n) is 6.36. The highest BCUT2D eigenvalue weighted by Crippen LogP contribution is 2.05. The molecule has 0 aliphatic carbocycles. The van der Waals surface area contributed by atoms with Crippen LogP contribution < -0.4 is 0 Å². The lowest BCUT2D eigenvalue weighted by atomic mass is 10.2. The first-order chi connectivity index (χ1) is 5.86. The van der Waals surface area contributed by atoms with Crippen LogP contribution in [0.15, 0.2) is 36.0 Å². The molecule has 0 saturated heterocycles. The summed E-state index contributed by atoms with van der Waals surface area (Å²) >= 11 is 0. The van der Waals surface area contributed by atoms with E-state index in [9.17, 15) is 0 Å². The highest BCUT2D eigenvalue weighted by molar-refractivity contribution is 5.58. The number of benzene rings is 1. The van der Waals surface area contributed by atoms with E-state index in [4.69, 9.17) is 11.8 Å². The second kappa shape index (κ2) is 3.95. The van der Waals surface area contributed by atoms with Crippen molar-refractivity contribution < 1.29 is 0 Å². The fourth-order valence-electron chi connectivity index (χ4n) is 0.797. The summed E-state index contributed by atoms with van der Waals surface area (Å²) in [6.45, 7) is 6.64. The lowest BCUT2D eigenvalue weighted by molar-refractivity contribution is 1.50. The maximum Gasteiger partial charge on any atom is 0.262 e. The smallest absolute Gasteiger partial charge is 0.227 e. The van der Waals surface area contributed by atoms with E-state index in [2.05, 4.69) is 4.85 Å². The molecule has 0 atom stereocenters. The normalized spacial score (nSPS) is 10.0. The number of hydrogen-bond acceptors (Lipinski definition) is 1. The zero-order chi connectivity index (χ0) is 8.81. The third-order valence-electron chi connectivity index (χ3n) is 1.34. The minimum atomic E-state index is 0.112. The van der Waals surface area contributed by atoms with Gasteiger partial charge in [-0.15, -0.1) is 0 Å². The van der Waals surface area contributed by atoms with Crippen LogP contribution in [-0.2, 0) is 0 Å². The monoisotopic (exact) mass is 154 g/mol. The van der Waals surface area contributed by atoms with Gasteiger partial charge in [0.15, 0.2) is 0 Å². The first kappa shape index (κ1) is 8.04. The number of nitrogens with zero attached hydrogens (tertiary/aromatic N) is 2. The maximum atomic E-state index is 8.46. The Morgan fingerprint density at radius 2 is 2.08 bits per heavy atom. The number of hydrogen-bond donors (Lipinski definition) is 0. The Hall–Kier alpha value is -2.06. The topological polar surface area (TPSA) is 28.1 Å². The van der Waals surface area contributed by atoms with Crippen molar-refractivity contribution in [2.45, 2.75) is 0 Å². The average Bonchev–Trinajstić information content (AvgIpc) is 2.16. The molecule has 0 fully saturated rings. The summed E-state index contributed by atoms with van der Waals surface area (Å²) in [6, 6.07) is 11.1. The average molecular weight is 154 g/mol. The van der Waals surface area contributed by atoms with Crippen LogP contribution in [0, 0.1) is 17.9 Å². The first-order valence-electron chi connectivity index (χ1n) is 3.41. The Balaban J connectivity index is 2.98. The summed E-state index contributed by atoms with van der Waals surface area (Å²) in [4.78, 5) is 3.05. The predicted octanol–water partition coefficient (Wildman–Crippen LogP) is 2.47. The molecule has 0 spiro atoms. The highest BCUT2D eigenvalue weighted by atomic mass is 14.7. The van der Waals surface area contributed by atoms with Crippen LogP contribution in [0.5, 0.6) is 0 Å². The molecule has 2 heteroatoms. The summed E-state index contributed by atoms with van der Waals surface area (Å²) in [7, 11) is 0. The van der Waals surface area contributed by atoms with Gasteiger partial charge in [-0.2, -0.15) is 0 Å². The molecule has 12 heavy (non-hydrogen) atoms. The lowest BCUT2D eigenvalue weighted by Gasteiger charge is -1.89. The van der Waals surface area contributed by atoms with Gasteiger partial charge in [-0.1, -0.05) is 30.3 Å². The van der Waals surface area contributed by atoms with Crippen LogP contribution in [0.2, 0.25) is 0 Å². The molecule has 0 unspecified atom stereocenters. The molecule has 1 aromatic rings. The van der Waals surface area contributed by atoms with Crippen molar-refractivity contribution in [1.82, 2.24) is 0 Å². The summed E-state index contributed by atoms with van der Waals surface area (Å²) in [6.07, 6.45) is 1.56. The second-order valence-corrected chi connectivity index (χ2v) is 2.16. The Bertz CT molecular complexity index is 347. The quantitative estimate of drug-likeness (QED) is 0.451. The van der Waals surface area contributed by atoms with E-state index in [0.29, 0.717) is 0 Å². The Labute approximate surface area is 71.2 Å².